The number of hydrogen-bond acceptors (Lipinski definition) is 2. The Bertz CT molecular complexity index is 230. The third kappa shape index (κ3) is 4.12. The van der Waals surface area contributed by atoms with Crippen LogP contribution in [0.1, 0.15) is 53.4 Å². The number of amides is 1. The minimum Gasteiger partial charge on any atom is -0.351 e. The number of rotatable bonds is 4. The Hall–Kier alpha value is -0.570. The molecule has 0 aromatic heterocycles. The Balaban J connectivity index is 2.40. The van der Waals surface area contributed by atoms with Gasteiger partial charge in [-0.25, -0.2) is 0 Å². The van der Waals surface area contributed by atoms with Gasteiger partial charge in [0.25, 0.3) is 0 Å². The minimum atomic E-state index is -0.0606. The van der Waals surface area contributed by atoms with Crippen molar-refractivity contribution in [2.75, 3.05) is 6.54 Å². The van der Waals surface area contributed by atoms with Crippen LogP contribution in [0.5, 0.6) is 0 Å². The summed E-state index contributed by atoms with van der Waals surface area (Å²) in [5, 5.41) is 6.53. The van der Waals surface area contributed by atoms with E-state index in [4.69, 9.17) is 0 Å². The summed E-state index contributed by atoms with van der Waals surface area (Å²) in [6.45, 7) is 9.36. The smallest absolute Gasteiger partial charge is 0.224 e. The number of hydrogen-bond donors (Lipinski definition) is 2. The molecule has 2 unspecified atom stereocenters. The van der Waals surface area contributed by atoms with Crippen LogP contribution in [0.25, 0.3) is 0 Å². The average molecular weight is 226 g/mol. The molecule has 0 aromatic carbocycles. The summed E-state index contributed by atoms with van der Waals surface area (Å²) in [6.07, 6.45) is 4.26. The molecule has 0 radical (unpaired) electrons. The molecule has 3 nitrogen and oxygen atoms in total. The van der Waals surface area contributed by atoms with Crippen LogP contribution in [-0.2, 0) is 4.79 Å². The lowest BCUT2D eigenvalue weighted by molar-refractivity contribution is -0.127. The molecule has 0 spiro atoms. The second-order valence-corrected chi connectivity index (χ2v) is 5.71. The summed E-state index contributed by atoms with van der Waals surface area (Å²) in [5.41, 5.74) is -0.0606. The highest BCUT2D eigenvalue weighted by atomic mass is 16.2. The predicted octanol–water partition coefficient (Wildman–Crippen LogP) is 2.07. The number of piperidine rings is 1. The molecule has 0 saturated carbocycles. The third-order valence-corrected chi connectivity index (χ3v) is 3.37. The van der Waals surface area contributed by atoms with Crippen molar-refractivity contribution in [3.63, 3.8) is 0 Å². The van der Waals surface area contributed by atoms with E-state index in [1.54, 1.807) is 0 Å². The van der Waals surface area contributed by atoms with Crippen LogP contribution in [-0.4, -0.2) is 24.0 Å². The van der Waals surface area contributed by atoms with Gasteiger partial charge in [0.1, 0.15) is 0 Å². The molecule has 16 heavy (non-hydrogen) atoms. The van der Waals surface area contributed by atoms with Crippen LogP contribution in [0.2, 0.25) is 0 Å². The van der Waals surface area contributed by atoms with Crippen LogP contribution >= 0.6 is 0 Å². The molecule has 2 N–H and O–H groups in total. The summed E-state index contributed by atoms with van der Waals surface area (Å²) in [7, 11) is 0. The van der Waals surface area contributed by atoms with E-state index in [1.807, 2.05) is 0 Å². The Morgan fingerprint density at radius 2 is 2.12 bits per heavy atom. The number of carbonyl (C=O) groups is 1. The highest BCUT2D eigenvalue weighted by Crippen LogP contribution is 2.17. The summed E-state index contributed by atoms with van der Waals surface area (Å²) < 4.78 is 0. The van der Waals surface area contributed by atoms with Gasteiger partial charge in [-0.3, -0.25) is 4.79 Å². The van der Waals surface area contributed by atoms with E-state index < -0.39 is 0 Å². The van der Waals surface area contributed by atoms with E-state index in [9.17, 15) is 4.79 Å². The van der Waals surface area contributed by atoms with E-state index >= 15 is 0 Å². The van der Waals surface area contributed by atoms with Crippen molar-refractivity contribution in [1.82, 2.24) is 10.6 Å². The first kappa shape index (κ1) is 13.5. The fourth-order valence-electron chi connectivity index (χ4n) is 2.35. The van der Waals surface area contributed by atoms with Gasteiger partial charge in [0.05, 0.1) is 5.92 Å². The van der Waals surface area contributed by atoms with Crippen LogP contribution in [0.15, 0.2) is 0 Å². The summed E-state index contributed by atoms with van der Waals surface area (Å²) >= 11 is 0. The molecule has 0 bridgehead atoms. The van der Waals surface area contributed by atoms with Crippen molar-refractivity contribution in [3.8, 4) is 0 Å². The third-order valence-electron chi connectivity index (χ3n) is 3.37. The quantitative estimate of drug-likeness (QED) is 0.770. The van der Waals surface area contributed by atoms with Crippen LogP contribution in [0.3, 0.4) is 0 Å². The molecule has 1 aliphatic rings. The van der Waals surface area contributed by atoms with Gasteiger partial charge in [-0.1, -0.05) is 13.3 Å². The number of carbonyl (C=O) groups excluding carboxylic acids is 1. The largest absolute Gasteiger partial charge is 0.351 e. The maximum absolute atomic E-state index is 12.0. The molecule has 94 valence electrons. The van der Waals surface area contributed by atoms with Gasteiger partial charge >= 0.3 is 0 Å². The first-order valence-corrected chi connectivity index (χ1v) is 6.50. The molecule has 1 aliphatic heterocycles. The first-order valence-electron chi connectivity index (χ1n) is 6.50. The van der Waals surface area contributed by atoms with Gasteiger partial charge in [-0.15, -0.1) is 0 Å². The van der Waals surface area contributed by atoms with Gasteiger partial charge in [0, 0.05) is 18.1 Å². The van der Waals surface area contributed by atoms with E-state index in [2.05, 4.69) is 38.3 Å². The first-order chi connectivity index (χ1) is 7.44. The van der Waals surface area contributed by atoms with E-state index in [0.29, 0.717) is 6.04 Å². The standard InChI is InChI=1S/C13H26N2O/c1-5-8-13(3,4)15-12(16)11-7-6-10(2)14-9-11/h10-11,14H,5-9H2,1-4H3,(H,15,16). The Kier molecular flexibility index (Phi) is 4.78. The van der Waals surface area contributed by atoms with E-state index in [0.717, 1.165) is 32.2 Å². The van der Waals surface area contributed by atoms with Gasteiger partial charge in [-0.2, -0.15) is 0 Å². The molecule has 1 amide bonds. The normalized spacial score (nSPS) is 26.5. The summed E-state index contributed by atoms with van der Waals surface area (Å²) in [5.74, 6) is 0.380. The van der Waals surface area contributed by atoms with Crippen LogP contribution in [0, 0.1) is 5.92 Å². The minimum absolute atomic E-state index is 0.0606. The maximum Gasteiger partial charge on any atom is 0.224 e. The topological polar surface area (TPSA) is 41.1 Å². The zero-order valence-corrected chi connectivity index (χ0v) is 11.1. The molecular formula is C13H26N2O. The Labute approximate surface area is 99.4 Å². The molecule has 0 aliphatic carbocycles. The molecule has 1 heterocycles. The van der Waals surface area contributed by atoms with Crippen molar-refractivity contribution in [3.05, 3.63) is 0 Å². The van der Waals surface area contributed by atoms with Crippen molar-refractivity contribution < 1.29 is 4.79 Å². The van der Waals surface area contributed by atoms with Crippen molar-refractivity contribution in [1.29, 1.82) is 0 Å². The lowest BCUT2D eigenvalue weighted by Gasteiger charge is -2.31. The van der Waals surface area contributed by atoms with E-state index in [-0.39, 0.29) is 17.4 Å². The molecule has 2 atom stereocenters. The van der Waals surface area contributed by atoms with Crippen LogP contribution < -0.4 is 10.6 Å². The highest BCUT2D eigenvalue weighted by molar-refractivity contribution is 5.79. The SMILES string of the molecule is CCCC(C)(C)NC(=O)C1CCC(C)NC1. The van der Waals surface area contributed by atoms with E-state index in [1.165, 1.54) is 0 Å². The zero-order chi connectivity index (χ0) is 12.2. The molecule has 1 rings (SSSR count). The maximum atomic E-state index is 12.0. The van der Waals surface area contributed by atoms with Gasteiger partial charge in [-0.05, 0) is 40.0 Å². The Morgan fingerprint density at radius 3 is 2.62 bits per heavy atom. The fraction of sp³-hybridized carbons (Fsp3) is 0.923. The monoisotopic (exact) mass is 226 g/mol. The highest BCUT2D eigenvalue weighted by Gasteiger charge is 2.27. The Morgan fingerprint density at radius 1 is 1.44 bits per heavy atom. The molecule has 1 saturated heterocycles. The number of nitrogens with one attached hydrogen (secondary N) is 2. The van der Waals surface area contributed by atoms with Crippen molar-refractivity contribution in [2.45, 2.75) is 65.0 Å². The molecule has 1 fully saturated rings. The predicted molar refractivity (Wildman–Crippen MR) is 67.3 cm³/mol. The second-order valence-electron chi connectivity index (χ2n) is 5.71. The second kappa shape index (κ2) is 5.67. The summed E-state index contributed by atoms with van der Waals surface area (Å²) in [6, 6.07) is 0.563. The van der Waals surface area contributed by atoms with Gasteiger partial charge in [0.15, 0.2) is 0 Å². The molecular weight excluding hydrogens is 200 g/mol. The van der Waals surface area contributed by atoms with Crippen molar-refractivity contribution in [2.24, 2.45) is 5.92 Å². The lowest BCUT2D eigenvalue weighted by atomic mass is 9.92. The van der Waals surface area contributed by atoms with Gasteiger partial charge < -0.3 is 10.6 Å². The molecule has 0 aromatic rings. The van der Waals surface area contributed by atoms with Gasteiger partial charge in [0.2, 0.25) is 5.91 Å². The average Bonchev–Trinajstić information content (AvgIpc) is 2.17. The zero-order valence-electron chi connectivity index (χ0n) is 11.1. The summed E-state index contributed by atoms with van der Waals surface area (Å²) in [4.78, 5) is 12.0. The fourth-order valence-corrected chi connectivity index (χ4v) is 2.35. The molecule has 3 heteroatoms. The lowest BCUT2D eigenvalue weighted by Crippen LogP contribution is -2.50. The van der Waals surface area contributed by atoms with Crippen molar-refractivity contribution >= 4 is 5.91 Å². The van der Waals surface area contributed by atoms with Crippen LogP contribution in [0.4, 0.5) is 0 Å².